The average Bonchev–Trinajstić information content (AvgIpc) is 2.67. The van der Waals surface area contributed by atoms with E-state index in [-0.39, 0.29) is 11.9 Å². The van der Waals surface area contributed by atoms with Crippen molar-refractivity contribution < 1.29 is 9.53 Å². The van der Waals surface area contributed by atoms with Crippen LogP contribution in [0.1, 0.15) is 33.1 Å². The summed E-state index contributed by atoms with van der Waals surface area (Å²) in [5.41, 5.74) is 3.88. The molecule has 0 bridgehead atoms. The first-order valence-corrected chi connectivity index (χ1v) is 8.24. The number of hydrogen-bond donors (Lipinski definition) is 1. The first-order valence-electron chi connectivity index (χ1n) is 8.24. The zero-order chi connectivity index (χ0) is 17.6. The lowest BCUT2D eigenvalue weighted by molar-refractivity contribution is 0.0943. The standard InChI is InChI=1S/C22H21NO2/c1-16-8-10-17(11-9-16)21(18-12-14-20(25-2)15-13-18)23-22(24)19-6-4-3-5-7-19/h3-15,21H,1-2H3,(H,23,24). The number of rotatable bonds is 5. The molecule has 0 fully saturated rings. The molecule has 0 saturated heterocycles. The lowest BCUT2D eigenvalue weighted by atomic mass is 9.97. The molecule has 0 radical (unpaired) electrons. The normalized spacial score (nSPS) is 11.6. The van der Waals surface area contributed by atoms with Gasteiger partial charge in [0.05, 0.1) is 13.2 Å². The van der Waals surface area contributed by atoms with Crippen LogP contribution in [-0.4, -0.2) is 13.0 Å². The second-order valence-electron chi connectivity index (χ2n) is 5.96. The van der Waals surface area contributed by atoms with Crippen LogP contribution in [0.25, 0.3) is 0 Å². The number of methoxy groups -OCH3 is 1. The molecule has 3 aromatic carbocycles. The summed E-state index contributed by atoms with van der Waals surface area (Å²) in [6.07, 6.45) is 0. The van der Waals surface area contributed by atoms with Crippen molar-refractivity contribution in [1.82, 2.24) is 5.32 Å². The zero-order valence-electron chi connectivity index (χ0n) is 14.4. The number of amides is 1. The van der Waals surface area contributed by atoms with Crippen molar-refractivity contribution in [2.45, 2.75) is 13.0 Å². The van der Waals surface area contributed by atoms with Crippen molar-refractivity contribution in [3.05, 3.63) is 101 Å². The first-order chi connectivity index (χ1) is 12.2. The van der Waals surface area contributed by atoms with Gasteiger partial charge in [0.25, 0.3) is 5.91 Å². The number of carbonyl (C=O) groups is 1. The van der Waals surface area contributed by atoms with E-state index in [1.54, 1.807) is 7.11 Å². The van der Waals surface area contributed by atoms with Gasteiger partial charge < -0.3 is 10.1 Å². The Morgan fingerprint density at radius 1 is 0.840 bits per heavy atom. The number of carbonyl (C=O) groups excluding carboxylic acids is 1. The van der Waals surface area contributed by atoms with Gasteiger partial charge in [0, 0.05) is 5.56 Å². The minimum atomic E-state index is -0.223. The predicted molar refractivity (Wildman–Crippen MR) is 99.9 cm³/mol. The average molecular weight is 331 g/mol. The second kappa shape index (κ2) is 7.67. The SMILES string of the molecule is COc1ccc(C(NC(=O)c2ccccc2)c2ccc(C)cc2)cc1. The molecule has 0 heterocycles. The van der Waals surface area contributed by atoms with Gasteiger partial charge in [-0.05, 0) is 42.3 Å². The minimum absolute atomic E-state index is 0.0954. The Balaban J connectivity index is 1.93. The second-order valence-corrected chi connectivity index (χ2v) is 5.96. The molecule has 25 heavy (non-hydrogen) atoms. The summed E-state index contributed by atoms with van der Waals surface area (Å²) in [4.78, 5) is 12.7. The van der Waals surface area contributed by atoms with E-state index < -0.39 is 0 Å². The van der Waals surface area contributed by atoms with Gasteiger partial charge in [-0.15, -0.1) is 0 Å². The van der Waals surface area contributed by atoms with Gasteiger partial charge in [0.15, 0.2) is 0 Å². The number of aryl methyl sites for hydroxylation is 1. The Labute approximate surface area is 148 Å². The van der Waals surface area contributed by atoms with Crippen LogP contribution in [-0.2, 0) is 0 Å². The molecular formula is C22H21NO2. The van der Waals surface area contributed by atoms with Crippen molar-refractivity contribution in [1.29, 1.82) is 0 Å². The smallest absolute Gasteiger partial charge is 0.252 e. The third-order valence-electron chi connectivity index (χ3n) is 4.17. The zero-order valence-corrected chi connectivity index (χ0v) is 14.4. The predicted octanol–water partition coefficient (Wildman–Crippen LogP) is 4.52. The molecule has 0 aromatic heterocycles. The summed E-state index contributed by atoms with van der Waals surface area (Å²) >= 11 is 0. The van der Waals surface area contributed by atoms with Crippen LogP contribution in [0.4, 0.5) is 0 Å². The molecule has 0 aliphatic heterocycles. The molecule has 3 rings (SSSR count). The quantitative estimate of drug-likeness (QED) is 0.746. The maximum atomic E-state index is 12.7. The summed E-state index contributed by atoms with van der Waals surface area (Å²) in [7, 11) is 1.64. The van der Waals surface area contributed by atoms with Crippen molar-refractivity contribution >= 4 is 5.91 Å². The molecule has 3 nitrogen and oxygen atoms in total. The first kappa shape index (κ1) is 16.8. The highest BCUT2D eigenvalue weighted by atomic mass is 16.5. The number of hydrogen-bond acceptors (Lipinski definition) is 2. The van der Waals surface area contributed by atoms with Crippen LogP contribution in [0.2, 0.25) is 0 Å². The maximum absolute atomic E-state index is 12.7. The summed E-state index contributed by atoms with van der Waals surface area (Å²) < 4.78 is 5.23. The third kappa shape index (κ3) is 4.07. The molecule has 3 heteroatoms. The fraction of sp³-hybridized carbons (Fsp3) is 0.136. The monoisotopic (exact) mass is 331 g/mol. The topological polar surface area (TPSA) is 38.3 Å². The lowest BCUT2D eigenvalue weighted by Gasteiger charge is -2.20. The van der Waals surface area contributed by atoms with Gasteiger partial charge in [-0.2, -0.15) is 0 Å². The van der Waals surface area contributed by atoms with Gasteiger partial charge >= 0.3 is 0 Å². The Morgan fingerprint density at radius 3 is 1.96 bits per heavy atom. The van der Waals surface area contributed by atoms with E-state index in [2.05, 4.69) is 36.5 Å². The molecular weight excluding hydrogens is 310 g/mol. The van der Waals surface area contributed by atoms with Crippen LogP contribution < -0.4 is 10.1 Å². The maximum Gasteiger partial charge on any atom is 0.252 e. The third-order valence-corrected chi connectivity index (χ3v) is 4.17. The number of ether oxygens (including phenoxy) is 1. The molecule has 0 aliphatic carbocycles. The summed E-state index contributed by atoms with van der Waals surface area (Å²) in [6.45, 7) is 2.05. The molecule has 0 saturated carbocycles. The molecule has 1 atom stereocenters. The van der Waals surface area contributed by atoms with E-state index in [1.807, 2.05) is 54.6 Å². The van der Waals surface area contributed by atoms with E-state index in [9.17, 15) is 4.79 Å². The van der Waals surface area contributed by atoms with Gasteiger partial charge in [0.1, 0.15) is 5.75 Å². The van der Waals surface area contributed by atoms with Gasteiger partial charge in [-0.1, -0.05) is 60.2 Å². The van der Waals surface area contributed by atoms with Gasteiger partial charge in [-0.25, -0.2) is 0 Å². The Bertz CT molecular complexity index is 824. The highest BCUT2D eigenvalue weighted by Crippen LogP contribution is 2.25. The van der Waals surface area contributed by atoms with Crippen molar-refractivity contribution in [3.8, 4) is 5.75 Å². The molecule has 0 aliphatic rings. The molecule has 126 valence electrons. The number of nitrogens with one attached hydrogen (secondary N) is 1. The lowest BCUT2D eigenvalue weighted by Crippen LogP contribution is -2.29. The molecule has 1 unspecified atom stereocenters. The van der Waals surface area contributed by atoms with Crippen molar-refractivity contribution in [2.24, 2.45) is 0 Å². The van der Waals surface area contributed by atoms with Crippen LogP contribution in [0.3, 0.4) is 0 Å². The summed E-state index contributed by atoms with van der Waals surface area (Å²) in [5, 5.41) is 3.14. The highest BCUT2D eigenvalue weighted by Gasteiger charge is 2.18. The van der Waals surface area contributed by atoms with Crippen molar-refractivity contribution in [3.63, 3.8) is 0 Å². The van der Waals surface area contributed by atoms with E-state index in [0.717, 1.165) is 16.9 Å². The van der Waals surface area contributed by atoms with E-state index >= 15 is 0 Å². The minimum Gasteiger partial charge on any atom is -0.497 e. The fourth-order valence-corrected chi connectivity index (χ4v) is 2.72. The van der Waals surface area contributed by atoms with E-state index in [1.165, 1.54) is 5.56 Å². The Hall–Kier alpha value is -3.07. The summed E-state index contributed by atoms with van der Waals surface area (Å²) in [5.74, 6) is 0.697. The molecule has 1 amide bonds. The fourth-order valence-electron chi connectivity index (χ4n) is 2.72. The number of benzene rings is 3. The Morgan fingerprint density at radius 2 is 1.40 bits per heavy atom. The van der Waals surface area contributed by atoms with E-state index in [4.69, 9.17) is 4.74 Å². The molecule has 1 N–H and O–H groups in total. The molecule has 3 aromatic rings. The van der Waals surface area contributed by atoms with Crippen molar-refractivity contribution in [2.75, 3.05) is 7.11 Å². The van der Waals surface area contributed by atoms with Gasteiger partial charge in [-0.3, -0.25) is 4.79 Å². The summed E-state index contributed by atoms with van der Waals surface area (Å²) in [6, 6.07) is 25.0. The van der Waals surface area contributed by atoms with E-state index in [0.29, 0.717) is 5.56 Å². The van der Waals surface area contributed by atoms with Gasteiger partial charge in [0.2, 0.25) is 0 Å². The van der Waals surface area contributed by atoms with Crippen LogP contribution in [0.15, 0.2) is 78.9 Å². The highest BCUT2D eigenvalue weighted by molar-refractivity contribution is 5.94. The van der Waals surface area contributed by atoms with Crippen LogP contribution in [0, 0.1) is 6.92 Å². The van der Waals surface area contributed by atoms with Crippen LogP contribution >= 0.6 is 0 Å². The molecule has 0 spiro atoms. The Kier molecular flexibility index (Phi) is 5.14. The van der Waals surface area contributed by atoms with Crippen LogP contribution in [0.5, 0.6) is 5.75 Å². The largest absolute Gasteiger partial charge is 0.497 e.